The minimum Gasteiger partial charge on any atom is -0.310 e. The summed E-state index contributed by atoms with van der Waals surface area (Å²) in [6.07, 6.45) is 0. The van der Waals surface area contributed by atoms with Crippen LogP contribution in [-0.4, -0.2) is 9.61 Å². The third-order valence-corrected chi connectivity index (χ3v) is 14.0. The van der Waals surface area contributed by atoms with Crippen LogP contribution in [0.25, 0.3) is 72.2 Å². The number of anilines is 3. The monoisotopic (exact) mass is 879 g/mol. The molecule has 10 aromatic carbocycles. The van der Waals surface area contributed by atoms with Gasteiger partial charge in [0.15, 0.2) is 0 Å². The second-order valence-corrected chi connectivity index (χ2v) is 17.9. The van der Waals surface area contributed by atoms with Gasteiger partial charge in [-0.2, -0.15) is 5.10 Å². The van der Waals surface area contributed by atoms with Crippen molar-refractivity contribution in [2.24, 2.45) is 0 Å². The van der Waals surface area contributed by atoms with E-state index in [2.05, 4.69) is 282 Å². The number of hydrogen-bond donors (Lipinski definition) is 0. The first-order valence-electron chi connectivity index (χ1n) is 23.7. The highest BCUT2D eigenvalue weighted by molar-refractivity contribution is 6.10. The summed E-state index contributed by atoms with van der Waals surface area (Å²) in [7, 11) is 0. The maximum absolute atomic E-state index is 5.51. The van der Waals surface area contributed by atoms with Gasteiger partial charge in [0.05, 0.1) is 22.3 Å². The van der Waals surface area contributed by atoms with Crippen LogP contribution in [0.3, 0.4) is 0 Å². The first-order chi connectivity index (χ1) is 34.3. The Balaban J connectivity index is 1.12. The Hall–Kier alpha value is -9.05. The summed E-state index contributed by atoms with van der Waals surface area (Å²) >= 11 is 0. The molecule has 324 valence electrons. The zero-order valence-electron chi connectivity index (χ0n) is 37.8. The molecule has 3 heteroatoms. The van der Waals surface area contributed by atoms with E-state index in [0.717, 1.165) is 72.6 Å². The van der Waals surface area contributed by atoms with Crippen molar-refractivity contribution in [1.29, 1.82) is 0 Å². The van der Waals surface area contributed by atoms with E-state index in [1.165, 1.54) is 38.9 Å². The normalized spacial score (nSPS) is 12.5. The summed E-state index contributed by atoms with van der Waals surface area (Å²) in [5.74, 6) is 0. The van der Waals surface area contributed by atoms with Gasteiger partial charge in [-0.25, -0.2) is 4.52 Å². The predicted molar refractivity (Wildman–Crippen MR) is 286 cm³/mol. The number of hydrogen-bond acceptors (Lipinski definition) is 2. The molecule has 0 spiro atoms. The average molecular weight is 880 g/mol. The van der Waals surface area contributed by atoms with E-state index in [1.807, 2.05) is 0 Å². The number of nitrogens with zero attached hydrogens (tertiary/aromatic N) is 3. The zero-order chi connectivity index (χ0) is 45.7. The maximum atomic E-state index is 5.51. The van der Waals surface area contributed by atoms with Crippen LogP contribution in [0, 0.1) is 0 Å². The fourth-order valence-corrected chi connectivity index (χ4v) is 11.1. The minimum absolute atomic E-state index is 0.548. The Kier molecular flexibility index (Phi) is 9.73. The molecular weight excluding hydrogens is 835 g/mol. The number of fused-ring (bicyclic) bond motifs is 6. The molecule has 1 aliphatic rings. The SMILES string of the molecule is c1ccc(-c2cccc(N(c3ccc4c(c3)cc(-c3ccccc3)n3nc(-c5ccccc5)c(-c5ccccc5)c43)c3cccc4c3-c3ccccc3C4(c3ccccc3)c3ccccc3)c2)cc1. The summed E-state index contributed by atoms with van der Waals surface area (Å²) in [4.78, 5) is 2.49. The van der Waals surface area contributed by atoms with Crippen LogP contribution in [-0.2, 0) is 5.41 Å². The van der Waals surface area contributed by atoms with Gasteiger partial charge in [0.25, 0.3) is 0 Å². The Morgan fingerprint density at radius 1 is 0.362 bits per heavy atom. The van der Waals surface area contributed by atoms with Gasteiger partial charge in [0.2, 0.25) is 0 Å². The van der Waals surface area contributed by atoms with Crippen molar-refractivity contribution in [2.75, 3.05) is 4.90 Å². The highest BCUT2D eigenvalue weighted by Gasteiger charge is 2.47. The molecule has 0 bridgehead atoms. The molecule has 2 aromatic heterocycles. The summed E-state index contributed by atoms with van der Waals surface area (Å²) in [6.45, 7) is 0. The quantitative estimate of drug-likeness (QED) is 0.144. The van der Waals surface area contributed by atoms with Gasteiger partial charge in [-0.15, -0.1) is 0 Å². The van der Waals surface area contributed by atoms with E-state index in [-0.39, 0.29) is 0 Å². The van der Waals surface area contributed by atoms with Crippen molar-refractivity contribution in [1.82, 2.24) is 9.61 Å². The van der Waals surface area contributed by atoms with Crippen LogP contribution in [0.15, 0.2) is 273 Å². The largest absolute Gasteiger partial charge is 0.310 e. The molecular formula is C66H45N3. The molecule has 0 saturated carbocycles. The Bertz CT molecular complexity index is 3770. The molecule has 0 radical (unpaired) electrons. The molecule has 1 aliphatic carbocycles. The fraction of sp³-hybridized carbons (Fsp3) is 0.0152. The number of pyridine rings is 1. The molecule has 69 heavy (non-hydrogen) atoms. The second kappa shape index (κ2) is 16.7. The zero-order valence-corrected chi connectivity index (χ0v) is 37.8. The molecule has 0 amide bonds. The van der Waals surface area contributed by atoms with E-state index >= 15 is 0 Å². The third-order valence-electron chi connectivity index (χ3n) is 14.0. The molecule has 0 unspecified atom stereocenters. The smallest absolute Gasteiger partial charge is 0.101 e. The predicted octanol–water partition coefficient (Wildman–Crippen LogP) is 17.0. The van der Waals surface area contributed by atoms with Crippen LogP contribution in [0.4, 0.5) is 17.1 Å². The van der Waals surface area contributed by atoms with Gasteiger partial charge in [-0.3, -0.25) is 0 Å². The standard InChI is InChI=1S/C66H45N3/c1-7-23-46(24-8-1)50-31-21-36-54(43-50)68(60-40-22-39-59-63(60)57-37-19-20-38-58(57)66(59,52-32-15-5-16-33-52)53-34-17-6-18-35-53)55-41-42-56-51(44-55)45-61(47-25-9-2-10-26-47)69-65(56)62(48-27-11-3-12-28-48)64(67-69)49-29-13-4-14-30-49/h1-45H. The van der Waals surface area contributed by atoms with E-state index in [4.69, 9.17) is 5.10 Å². The summed E-state index contributed by atoms with van der Waals surface area (Å²) < 4.78 is 2.18. The summed E-state index contributed by atoms with van der Waals surface area (Å²) in [5.41, 5.74) is 20.0. The number of rotatable bonds is 9. The minimum atomic E-state index is -0.548. The highest BCUT2D eigenvalue weighted by Crippen LogP contribution is 2.59. The van der Waals surface area contributed by atoms with Gasteiger partial charge >= 0.3 is 0 Å². The van der Waals surface area contributed by atoms with Crippen LogP contribution >= 0.6 is 0 Å². The van der Waals surface area contributed by atoms with E-state index in [1.54, 1.807) is 0 Å². The molecule has 12 aromatic rings. The second-order valence-electron chi connectivity index (χ2n) is 17.9. The molecule has 0 saturated heterocycles. The van der Waals surface area contributed by atoms with Gasteiger partial charge in [-0.1, -0.05) is 237 Å². The van der Waals surface area contributed by atoms with Crippen LogP contribution < -0.4 is 4.90 Å². The Morgan fingerprint density at radius 3 is 1.55 bits per heavy atom. The van der Waals surface area contributed by atoms with E-state index < -0.39 is 5.41 Å². The molecule has 0 aliphatic heterocycles. The van der Waals surface area contributed by atoms with Gasteiger partial charge < -0.3 is 4.90 Å². The molecule has 0 fully saturated rings. The molecule has 3 nitrogen and oxygen atoms in total. The van der Waals surface area contributed by atoms with E-state index in [0.29, 0.717) is 0 Å². The van der Waals surface area contributed by atoms with E-state index in [9.17, 15) is 0 Å². The van der Waals surface area contributed by atoms with Crippen LogP contribution in [0.1, 0.15) is 22.3 Å². The summed E-state index contributed by atoms with van der Waals surface area (Å²) in [5, 5.41) is 7.75. The third kappa shape index (κ3) is 6.54. The maximum Gasteiger partial charge on any atom is 0.101 e. The van der Waals surface area contributed by atoms with Crippen molar-refractivity contribution in [3.8, 4) is 55.9 Å². The molecule has 13 rings (SSSR count). The topological polar surface area (TPSA) is 20.5 Å². The molecule has 2 heterocycles. The fourth-order valence-electron chi connectivity index (χ4n) is 11.1. The lowest BCUT2D eigenvalue weighted by molar-refractivity contribution is 0.768. The number of aromatic nitrogens is 2. The number of benzene rings is 10. The Labute approximate surface area is 402 Å². The highest BCUT2D eigenvalue weighted by atomic mass is 15.2. The van der Waals surface area contributed by atoms with Crippen molar-refractivity contribution in [3.63, 3.8) is 0 Å². The molecule has 0 atom stereocenters. The first kappa shape index (κ1) is 40.2. The Morgan fingerprint density at radius 2 is 0.884 bits per heavy atom. The lowest BCUT2D eigenvalue weighted by Gasteiger charge is -2.34. The lowest BCUT2D eigenvalue weighted by atomic mass is 9.68. The van der Waals surface area contributed by atoms with Crippen molar-refractivity contribution in [2.45, 2.75) is 5.41 Å². The first-order valence-corrected chi connectivity index (χ1v) is 23.7. The molecule has 0 N–H and O–H groups in total. The van der Waals surface area contributed by atoms with Crippen molar-refractivity contribution >= 4 is 33.4 Å². The summed E-state index contributed by atoms with van der Waals surface area (Å²) in [6, 6.07) is 99.2. The lowest BCUT2D eigenvalue weighted by Crippen LogP contribution is -2.28. The van der Waals surface area contributed by atoms with Crippen molar-refractivity contribution in [3.05, 3.63) is 295 Å². The average Bonchev–Trinajstić information content (AvgIpc) is 3.98. The van der Waals surface area contributed by atoms with Gasteiger partial charge in [0.1, 0.15) is 5.69 Å². The van der Waals surface area contributed by atoms with Gasteiger partial charge in [-0.05, 0) is 86.3 Å². The van der Waals surface area contributed by atoms with Crippen molar-refractivity contribution < 1.29 is 0 Å². The van der Waals surface area contributed by atoms with Gasteiger partial charge in [0, 0.05) is 39.0 Å². The van der Waals surface area contributed by atoms with Crippen LogP contribution in [0.5, 0.6) is 0 Å². The van der Waals surface area contributed by atoms with Crippen LogP contribution in [0.2, 0.25) is 0 Å².